The van der Waals surface area contributed by atoms with Gasteiger partial charge in [0.2, 0.25) is 10.0 Å². The number of nitrogens with zero attached hydrogens (tertiary/aromatic N) is 1. The van der Waals surface area contributed by atoms with Crippen LogP contribution in [-0.4, -0.2) is 25.1 Å². The summed E-state index contributed by atoms with van der Waals surface area (Å²) in [7, 11) is -3.75. The van der Waals surface area contributed by atoms with Gasteiger partial charge in [-0.25, -0.2) is 13.6 Å². The van der Waals surface area contributed by atoms with E-state index in [4.69, 9.17) is 17.4 Å². The summed E-state index contributed by atoms with van der Waals surface area (Å²) in [5.41, 5.74) is 4.64. The van der Waals surface area contributed by atoms with Gasteiger partial charge in [0, 0.05) is 15.7 Å². The first-order valence-corrected chi connectivity index (χ1v) is 9.88. The van der Waals surface area contributed by atoms with Crippen LogP contribution in [0.25, 0.3) is 0 Å². The molecular formula is C15H12BrN5O3S2. The van der Waals surface area contributed by atoms with Crippen molar-refractivity contribution >= 4 is 66.3 Å². The molecule has 1 aliphatic rings. The Morgan fingerprint density at radius 1 is 1.19 bits per heavy atom. The van der Waals surface area contributed by atoms with Gasteiger partial charge in [0.15, 0.2) is 10.8 Å². The van der Waals surface area contributed by atoms with Gasteiger partial charge in [-0.2, -0.15) is 5.10 Å². The summed E-state index contributed by atoms with van der Waals surface area (Å²) in [4.78, 5) is 12.0. The fraction of sp³-hybridized carbons (Fsp3) is 0. The maximum absolute atomic E-state index is 12.1. The molecular weight excluding hydrogens is 442 g/mol. The van der Waals surface area contributed by atoms with Crippen molar-refractivity contribution in [3.05, 3.63) is 52.5 Å². The molecule has 0 atom stereocenters. The molecule has 0 bridgehead atoms. The molecule has 1 aliphatic heterocycles. The zero-order chi connectivity index (χ0) is 18.9. The number of hydrogen-bond donors (Lipinski definition) is 4. The smallest absolute Gasteiger partial charge is 0.276 e. The first kappa shape index (κ1) is 18.5. The monoisotopic (exact) mass is 453 g/mol. The average Bonchev–Trinajstić information content (AvgIpc) is 2.90. The van der Waals surface area contributed by atoms with Gasteiger partial charge in [-0.3, -0.25) is 10.2 Å². The molecule has 0 radical (unpaired) electrons. The standard InChI is InChI=1S/C15H12BrN5O3S2/c16-11-3-1-2-10-12(11)19-14(22)13(10)20-21-15(25)18-8-4-6-9(7-5-8)26(17,23)24/h1-7H,(H2,17,23,24)(H2,18,21,25)(H,19,20,22). The molecule has 1 heterocycles. The Morgan fingerprint density at radius 2 is 1.88 bits per heavy atom. The van der Waals surface area contributed by atoms with E-state index in [9.17, 15) is 13.2 Å². The molecule has 0 aliphatic carbocycles. The quantitative estimate of drug-likeness (QED) is 0.414. The van der Waals surface area contributed by atoms with Crippen LogP contribution in [0.1, 0.15) is 5.56 Å². The van der Waals surface area contributed by atoms with Gasteiger partial charge in [-0.1, -0.05) is 12.1 Å². The first-order valence-electron chi connectivity index (χ1n) is 7.13. The number of rotatable bonds is 3. The number of hydrogen-bond acceptors (Lipinski definition) is 5. The number of nitrogens with two attached hydrogens (primary N) is 1. The zero-order valence-corrected chi connectivity index (χ0v) is 16.2. The van der Waals surface area contributed by atoms with Gasteiger partial charge in [0.1, 0.15) is 0 Å². The van der Waals surface area contributed by atoms with Crippen LogP contribution < -0.4 is 21.2 Å². The summed E-state index contributed by atoms with van der Waals surface area (Å²) in [5.74, 6) is -0.347. The van der Waals surface area contributed by atoms with Gasteiger partial charge in [0.25, 0.3) is 5.91 Å². The molecule has 0 unspecified atom stereocenters. The van der Waals surface area contributed by atoms with Crippen molar-refractivity contribution in [2.24, 2.45) is 10.2 Å². The van der Waals surface area contributed by atoms with Gasteiger partial charge >= 0.3 is 0 Å². The minimum Gasteiger partial charge on any atom is -0.331 e. The highest BCUT2D eigenvalue weighted by Gasteiger charge is 2.27. The van der Waals surface area contributed by atoms with E-state index in [1.54, 1.807) is 12.1 Å². The van der Waals surface area contributed by atoms with Crippen LogP contribution in [0, 0.1) is 0 Å². The number of benzene rings is 2. The highest BCUT2D eigenvalue weighted by atomic mass is 79.9. The Balaban J connectivity index is 1.71. The Kier molecular flexibility index (Phi) is 5.05. The van der Waals surface area contributed by atoms with Crippen LogP contribution >= 0.6 is 28.1 Å². The summed E-state index contributed by atoms with van der Waals surface area (Å²) in [5, 5.41) is 14.8. The largest absolute Gasteiger partial charge is 0.331 e. The number of amides is 1. The van der Waals surface area contributed by atoms with E-state index >= 15 is 0 Å². The molecule has 2 aromatic carbocycles. The normalized spacial score (nSPS) is 14.7. The highest BCUT2D eigenvalue weighted by Crippen LogP contribution is 2.31. The lowest BCUT2D eigenvalue weighted by atomic mass is 10.1. The van der Waals surface area contributed by atoms with Crippen molar-refractivity contribution in [1.29, 1.82) is 0 Å². The lowest BCUT2D eigenvalue weighted by Gasteiger charge is -2.08. The van der Waals surface area contributed by atoms with Crippen molar-refractivity contribution in [3.63, 3.8) is 0 Å². The maximum Gasteiger partial charge on any atom is 0.276 e. The van der Waals surface area contributed by atoms with Crippen molar-refractivity contribution in [2.75, 3.05) is 10.6 Å². The van der Waals surface area contributed by atoms with Gasteiger partial charge in [0.05, 0.1) is 10.6 Å². The van der Waals surface area contributed by atoms with Crippen LogP contribution in [0.15, 0.2) is 56.9 Å². The second-order valence-electron chi connectivity index (χ2n) is 5.21. The number of sulfonamides is 1. The molecule has 0 aromatic heterocycles. The second kappa shape index (κ2) is 7.11. The summed E-state index contributed by atoms with van der Waals surface area (Å²) >= 11 is 8.49. The van der Waals surface area contributed by atoms with Crippen LogP contribution in [0.4, 0.5) is 11.4 Å². The zero-order valence-electron chi connectivity index (χ0n) is 13.0. The number of carbonyl (C=O) groups excluding carboxylic acids is 1. The summed E-state index contributed by atoms with van der Waals surface area (Å²) in [6.45, 7) is 0. The number of halogens is 1. The Morgan fingerprint density at radius 3 is 2.54 bits per heavy atom. The first-order chi connectivity index (χ1) is 12.3. The Hall–Kier alpha value is -2.34. The number of primary sulfonamides is 1. The number of hydrazone groups is 1. The highest BCUT2D eigenvalue weighted by molar-refractivity contribution is 9.10. The average molecular weight is 454 g/mol. The lowest BCUT2D eigenvalue weighted by Crippen LogP contribution is -2.27. The van der Waals surface area contributed by atoms with E-state index in [-0.39, 0.29) is 21.6 Å². The molecule has 3 rings (SSSR count). The van der Waals surface area contributed by atoms with Crippen molar-refractivity contribution in [2.45, 2.75) is 4.90 Å². The van der Waals surface area contributed by atoms with E-state index in [0.29, 0.717) is 16.9 Å². The molecule has 0 fully saturated rings. The topological polar surface area (TPSA) is 126 Å². The number of para-hydroxylation sites is 1. The number of carbonyl (C=O) groups is 1. The third kappa shape index (κ3) is 3.90. The molecule has 0 saturated carbocycles. The third-order valence-electron chi connectivity index (χ3n) is 3.43. The third-order valence-corrected chi connectivity index (χ3v) is 5.22. The van der Waals surface area contributed by atoms with E-state index < -0.39 is 10.0 Å². The van der Waals surface area contributed by atoms with Crippen LogP contribution in [0.3, 0.4) is 0 Å². The number of nitrogens with one attached hydrogen (secondary N) is 3. The number of anilines is 2. The molecule has 11 heteroatoms. The molecule has 8 nitrogen and oxygen atoms in total. The minimum absolute atomic E-state index is 0.00742. The Bertz CT molecular complexity index is 1040. The molecule has 5 N–H and O–H groups in total. The predicted octanol–water partition coefficient (Wildman–Crippen LogP) is 1.74. The van der Waals surface area contributed by atoms with E-state index in [1.165, 1.54) is 24.3 Å². The summed E-state index contributed by atoms with van der Waals surface area (Å²) in [6.07, 6.45) is 0. The predicted molar refractivity (Wildman–Crippen MR) is 106 cm³/mol. The summed E-state index contributed by atoms with van der Waals surface area (Å²) in [6, 6.07) is 11.1. The van der Waals surface area contributed by atoms with Gasteiger partial charge in [-0.15, -0.1) is 0 Å². The SMILES string of the molecule is NS(=O)(=O)c1ccc(NC(=S)NN=C2C(=O)Nc3c(Br)cccc32)cc1. The molecule has 0 spiro atoms. The maximum atomic E-state index is 12.1. The molecule has 0 saturated heterocycles. The van der Waals surface area contributed by atoms with Crippen molar-refractivity contribution in [1.82, 2.24) is 5.43 Å². The van der Waals surface area contributed by atoms with Crippen LogP contribution in [0.2, 0.25) is 0 Å². The van der Waals surface area contributed by atoms with Crippen molar-refractivity contribution in [3.8, 4) is 0 Å². The number of fused-ring (bicyclic) bond motifs is 1. The van der Waals surface area contributed by atoms with E-state index in [0.717, 1.165) is 4.47 Å². The molecule has 134 valence electrons. The fourth-order valence-electron chi connectivity index (χ4n) is 2.25. The molecule has 26 heavy (non-hydrogen) atoms. The number of thiocarbonyl (C=S) groups is 1. The second-order valence-corrected chi connectivity index (χ2v) is 8.04. The van der Waals surface area contributed by atoms with Crippen molar-refractivity contribution < 1.29 is 13.2 Å². The van der Waals surface area contributed by atoms with Crippen LogP contribution in [0.5, 0.6) is 0 Å². The van der Waals surface area contributed by atoms with E-state index in [2.05, 4.69) is 37.1 Å². The molecule has 1 amide bonds. The Labute approximate surface area is 163 Å². The summed E-state index contributed by atoms with van der Waals surface area (Å²) < 4.78 is 23.2. The fourth-order valence-corrected chi connectivity index (χ4v) is 3.39. The lowest BCUT2D eigenvalue weighted by molar-refractivity contribution is -0.110. The minimum atomic E-state index is -3.75. The van der Waals surface area contributed by atoms with Gasteiger partial charge in [-0.05, 0) is 58.5 Å². The van der Waals surface area contributed by atoms with E-state index in [1.807, 2.05) is 6.07 Å². The van der Waals surface area contributed by atoms with Gasteiger partial charge < -0.3 is 10.6 Å². The molecule has 2 aromatic rings. The van der Waals surface area contributed by atoms with Crippen LogP contribution in [-0.2, 0) is 14.8 Å².